The largest absolute Gasteiger partial charge is 0.486 e. The van der Waals surface area contributed by atoms with Gasteiger partial charge >= 0.3 is 0 Å². The van der Waals surface area contributed by atoms with Crippen LogP contribution in [0.4, 0.5) is 5.69 Å². The summed E-state index contributed by atoms with van der Waals surface area (Å²) in [4.78, 5) is 12.3. The number of hydrogen-bond acceptors (Lipinski definition) is 7. The predicted octanol–water partition coefficient (Wildman–Crippen LogP) is 3.20. The second kappa shape index (κ2) is 9.08. The van der Waals surface area contributed by atoms with Crippen molar-refractivity contribution in [2.75, 3.05) is 24.3 Å². The molecule has 0 radical (unpaired) electrons. The second-order valence-electron chi connectivity index (χ2n) is 6.76. The number of rotatable bonds is 7. The van der Waals surface area contributed by atoms with Crippen LogP contribution in [0.3, 0.4) is 0 Å². The average Bonchev–Trinajstić information content (AvgIpc) is 3.10. The molecule has 1 amide bonds. The van der Waals surface area contributed by atoms with Crippen molar-refractivity contribution in [2.45, 2.75) is 18.7 Å². The summed E-state index contributed by atoms with van der Waals surface area (Å²) in [7, 11) is 1.86. The van der Waals surface area contributed by atoms with E-state index in [-0.39, 0.29) is 11.7 Å². The van der Waals surface area contributed by atoms with Crippen molar-refractivity contribution in [1.29, 1.82) is 0 Å². The standard InChI is InChI=1S/C21H22N4O4S/c1-14-4-3-5-16(10-14)29-12-19-23-24-21(25(19)2)30-13-20(26)22-15-6-7-17-18(11-15)28-9-8-27-17/h3-7,10-11H,8-9,12-13H2,1-2H3,(H,22,26). The van der Waals surface area contributed by atoms with Crippen molar-refractivity contribution < 1.29 is 19.0 Å². The van der Waals surface area contributed by atoms with Crippen LogP contribution in [0, 0.1) is 6.92 Å². The molecular weight excluding hydrogens is 404 g/mol. The SMILES string of the molecule is Cc1cccc(OCc2nnc(SCC(=O)Nc3ccc4c(c3)OCCO4)n2C)c1. The number of nitrogens with one attached hydrogen (secondary N) is 1. The van der Waals surface area contributed by atoms with E-state index in [0.29, 0.717) is 48.0 Å². The molecule has 2 aromatic carbocycles. The van der Waals surface area contributed by atoms with Gasteiger partial charge in [-0.2, -0.15) is 0 Å². The fraction of sp³-hybridized carbons (Fsp3) is 0.286. The summed E-state index contributed by atoms with van der Waals surface area (Å²) in [5.74, 6) is 2.86. The van der Waals surface area contributed by atoms with Gasteiger partial charge in [-0.15, -0.1) is 10.2 Å². The van der Waals surface area contributed by atoms with Crippen LogP contribution in [0.25, 0.3) is 0 Å². The predicted molar refractivity (Wildman–Crippen MR) is 113 cm³/mol. The lowest BCUT2D eigenvalue weighted by Crippen LogP contribution is -2.17. The van der Waals surface area contributed by atoms with Gasteiger partial charge in [-0.25, -0.2) is 0 Å². The number of thioether (sulfide) groups is 1. The van der Waals surface area contributed by atoms with Gasteiger partial charge in [0.2, 0.25) is 5.91 Å². The van der Waals surface area contributed by atoms with E-state index in [1.54, 1.807) is 18.2 Å². The van der Waals surface area contributed by atoms with Gasteiger partial charge in [0.15, 0.2) is 22.5 Å². The maximum atomic E-state index is 12.3. The van der Waals surface area contributed by atoms with Crippen LogP contribution in [0.2, 0.25) is 0 Å². The van der Waals surface area contributed by atoms with Crippen LogP contribution in [0.1, 0.15) is 11.4 Å². The fourth-order valence-electron chi connectivity index (χ4n) is 2.90. The Hall–Kier alpha value is -3.20. The highest BCUT2D eigenvalue weighted by atomic mass is 32.2. The Morgan fingerprint density at radius 2 is 2.00 bits per heavy atom. The quantitative estimate of drug-likeness (QED) is 0.581. The van der Waals surface area contributed by atoms with E-state index in [0.717, 1.165) is 11.3 Å². The van der Waals surface area contributed by atoms with Gasteiger partial charge in [0.1, 0.15) is 25.6 Å². The first kappa shape index (κ1) is 20.1. The lowest BCUT2D eigenvalue weighted by molar-refractivity contribution is -0.113. The summed E-state index contributed by atoms with van der Waals surface area (Å²) in [5.41, 5.74) is 1.79. The first-order valence-corrected chi connectivity index (χ1v) is 10.5. The number of carbonyl (C=O) groups is 1. The zero-order valence-corrected chi connectivity index (χ0v) is 17.6. The minimum Gasteiger partial charge on any atom is -0.486 e. The molecule has 0 aliphatic carbocycles. The Labute approximate surface area is 178 Å². The number of benzene rings is 2. The summed E-state index contributed by atoms with van der Waals surface area (Å²) in [6.45, 7) is 3.35. The highest BCUT2D eigenvalue weighted by molar-refractivity contribution is 7.99. The monoisotopic (exact) mass is 426 g/mol. The lowest BCUT2D eigenvalue weighted by atomic mass is 10.2. The van der Waals surface area contributed by atoms with E-state index in [1.807, 2.05) is 42.8 Å². The van der Waals surface area contributed by atoms with Gasteiger partial charge in [0.05, 0.1) is 5.75 Å². The molecule has 1 aliphatic heterocycles. The molecule has 0 atom stereocenters. The first-order valence-electron chi connectivity index (χ1n) is 9.48. The van der Waals surface area contributed by atoms with Crippen LogP contribution in [0.15, 0.2) is 47.6 Å². The summed E-state index contributed by atoms with van der Waals surface area (Å²) in [5, 5.41) is 11.8. The van der Waals surface area contributed by atoms with Gasteiger partial charge in [0.25, 0.3) is 0 Å². The molecule has 9 heteroatoms. The van der Waals surface area contributed by atoms with Gasteiger partial charge in [-0.3, -0.25) is 4.79 Å². The third-order valence-corrected chi connectivity index (χ3v) is 5.46. The maximum Gasteiger partial charge on any atom is 0.234 e. The topological polar surface area (TPSA) is 87.5 Å². The third kappa shape index (κ3) is 4.85. The molecule has 8 nitrogen and oxygen atoms in total. The smallest absolute Gasteiger partial charge is 0.234 e. The van der Waals surface area contributed by atoms with E-state index in [1.165, 1.54) is 11.8 Å². The van der Waals surface area contributed by atoms with E-state index in [4.69, 9.17) is 14.2 Å². The van der Waals surface area contributed by atoms with Gasteiger partial charge < -0.3 is 24.1 Å². The molecule has 1 N–H and O–H groups in total. The summed E-state index contributed by atoms with van der Waals surface area (Å²) >= 11 is 1.31. The first-order chi connectivity index (χ1) is 14.6. The van der Waals surface area contributed by atoms with Crippen molar-refractivity contribution in [3.8, 4) is 17.2 Å². The zero-order valence-electron chi connectivity index (χ0n) is 16.8. The number of fused-ring (bicyclic) bond motifs is 1. The molecule has 4 rings (SSSR count). The molecule has 3 aromatic rings. The van der Waals surface area contributed by atoms with Gasteiger partial charge in [-0.1, -0.05) is 23.9 Å². The van der Waals surface area contributed by atoms with Crippen LogP contribution in [0.5, 0.6) is 17.2 Å². The Morgan fingerprint density at radius 1 is 1.17 bits per heavy atom. The molecule has 0 fully saturated rings. The van der Waals surface area contributed by atoms with Crippen molar-refractivity contribution in [3.05, 3.63) is 53.9 Å². The average molecular weight is 426 g/mol. The van der Waals surface area contributed by atoms with Crippen LogP contribution in [-0.4, -0.2) is 39.6 Å². The molecule has 2 heterocycles. The normalized spacial score (nSPS) is 12.5. The number of aromatic nitrogens is 3. The van der Waals surface area contributed by atoms with Crippen molar-refractivity contribution in [2.24, 2.45) is 7.05 Å². The highest BCUT2D eigenvalue weighted by Crippen LogP contribution is 2.32. The van der Waals surface area contributed by atoms with E-state index >= 15 is 0 Å². The molecule has 0 saturated carbocycles. The Bertz CT molecular complexity index is 1050. The van der Waals surface area contributed by atoms with Crippen LogP contribution < -0.4 is 19.5 Å². The minimum atomic E-state index is -0.141. The number of anilines is 1. The van der Waals surface area contributed by atoms with Gasteiger partial charge in [-0.05, 0) is 36.8 Å². The van der Waals surface area contributed by atoms with Crippen molar-refractivity contribution in [1.82, 2.24) is 14.8 Å². The van der Waals surface area contributed by atoms with Crippen molar-refractivity contribution >= 4 is 23.4 Å². The molecular formula is C21H22N4O4S. The maximum absolute atomic E-state index is 12.3. The molecule has 0 unspecified atom stereocenters. The molecule has 156 valence electrons. The van der Waals surface area contributed by atoms with E-state index in [2.05, 4.69) is 15.5 Å². The summed E-state index contributed by atoms with van der Waals surface area (Å²) in [6.07, 6.45) is 0. The van der Waals surface area contributed by atoms with Crippen molar-refractivity contribution in [3.63, 3.8) is 0 Å². The van der Waals surface area contributed by atoms with E-state index in [9.17, 15) is 4.79 Å². The van der Waals surface area contributed by atoms with Gasteiger partial charge in [0, 0.05) is 18.8 Å². The molecule has 1 aliphatic rings. The molecule has 1 aromatic heterocycles. The summed E-state index contributed by atoms with van der Waals surface area (Å²) in [6, 6.07) is 13.2. The molecule has 0 spiro atoms. The van der Waals surface area contributed by atoms with Crippen LogP contribution >= 0.6 is 11.8 Å². The number of nitrogens with zero attached hydrogens (tertiary/aromatic N) is 3. The fourth-order valence-corrected chi connectivity index (χ4v) is 3.63. The number of carbonyl (C=O) groups excluding carboxylic acids is 1. The third-order valence-electron chi connectivity index (χ3n) is 4.44. The number of aryl methyl sites for hydroxylation is 1. The molecule has 30 heavy (non-hydrogen) atoms. The lowest BCUT2D eigenvalue weighted by Gasteiger charge is -2.18. The second-order valence-corrected chi connectivity index (χ2v) is 7.70. The number of ether oxygens (including phenoxy) is 3. The molecule has 0 bridgehead atoms. The Balaban J connectivity index is 1.30. The Kier molecular flexibility index (Phi) is 6.08. The number of amides is 1. The Morgan fingerprint density at radius 3 is 2.83 bits per heavy atom. The summed E-state index contributed by atoms with van der Waals surface area (Å²) < 4.78 is 18.6. The highest BCUT2D eigenvalue weighted by Gasteiger charge is 2.15. The minimum absolute atomic E-state index is 0.141. The zero-order chi connectivity index (χ0) is 20.9. The molecule has 0 saturated heterocycles. The van der Waals surface area contributed by atoms with Crippen LogP contribution in [-0.2, 0) is 18.4 Å². The number of hydrogen-bond donors (Lipinski definition) is 1. The van der Waals surface area contributed by atoms with E-state index < -0.39 is 0 Å².